The summed E-state index contributed by atoms with van der Waals surface area (Å²) in [6.45, 7) is 3.05. The van der Waals surface area contributed by atoms with Crippen LogP contribution < -0.4 is 15.8 Å². The van der Waals surface area contributed by atoms with Gasteiger partial charge in [-0.15, -0.1) is 0 Å². The summed E-state index contributed by atoms with van der Waals surface area (Å²) in [5.74, 6) is -1.52. The largest absolute Gasteiger partial charge is 0.478 e. The summed E-state index contributed by atoms with van der Waals surface area (Å²) < 4.78 is 45.4. The van der Waals surface area contributed by atoms with E-state index in [1.807, 2.05) is 6.07 Å². The SMILES string of the molecule is CCOC(=O)NNC1=NC(c2ccc(C#N)cc2Br)C(C(=O)O)=C(C)N1c1cccc(C(F)(F)F)c1. The summed E-state index contributed by atoms with van der Waals surface area (Å²) in [5, 5.41) is 19.2. The van der Waals surface area contributed by atoms with Crippen LogP contribution >= 0.6 is 15.9 Å². The van der Waals surface area contributed by atoms with Crippen molar-refractivity contribution in [1.29, 1.82) is 5.26 Å². The molecule has 9 nitrogen and oxygen atoms in total. The number of benzene rings is 2. The van der Waals surface area contributed by atoms with E-state index in [1.165, 1.54) is 37.3 Å². The first-order valence-corrected chi connectivity index (χ1v) is 11.1. The molecule has 0 spiro atoms. The van der Waals surface area contributed by atoms with Crippen molar-refractivity contribution >= 4 is 39.6 Å². The summed E-state index contributed by atoms with van der Waals surface area (Å²) in [5.41, 5.74) is 4.27. The number of hydrogen-bond donors (Lipinski definition) is 3. The first-order chi connectivity index (χ1) is 17.0. The van der Waals surface area contributed by atoms with E-state index in [4.69, 9.17) is 10.00 Å². The highest BCUT2D eigenvalue weighted by molar-refractivity contribution is 9.10. The van der Waals surface area contributed by atoms with Gasteiger partial charge in [0.05, 0.1) is 29.4 Å². The Balaban J connectivity index is 2.19. The van der Waals surface area contributed by atoms with Crippen molar-refractivity contribution in [3.05, 3.63) is 74.9 Å². The summed E-state index contributed by atoms with van der Waals surface area (Å²) in [7, 11) is 0. The van der Waals surface area contributed by atoms with Gasteiger partial charge in [-0.1, -0.05) is 28.1 Å². The summed E-state index contributed by atoms with van der Waals surface area (Å²) >= 11 is 3.33. The molecular weight excluding hydrogens is 547 g/mol. The standard InChI is InChI=1S/C23H19BrF3N5O4/c1-3-36-22(35)31-30-21-29-19(16-8-7-13(11-28)9-17(16)24)18(20(33)34)12(2)32(21)15-6-4-5-14(10-15)23(25,26)27/h4-10,19H,3H2,1-2H3,(H,29,30)(H,31,35)(H,33,34). The highest BCUT2D eigenvalue weighted by Crippen LogP contribution is 2.40. The molecule has 2 aromatic carbocycles. The number of carbonyl (C=O) groups is 2. The number of allylic oxidation sites excluding steroid dienone is 1. The number of amides is 1. The topological polar surface area (TPSA) is 127 Å². The number of nitrogens with zero attached hydrogens (tertiary/aromatic N) is 3. The molecule has 1 amide bonds. The number of hydrogen-bond acceptors (Lipinski definition) is 7. The fourth-order valence-corrected chi connectivity index (χ4v) is 4.13. The van der Waals surface area contributed by atoms with Crippen molar-refractivity contribution in [2.24, 2.45) is 4.99 Å². The Morgan fingerprint density at radius 2 is 2.00 bits per heavy atom. The van der Waals surface area contributed by atoms with Gasteiger partial charge < -0.3 is 9.84 Å². The Morgan fingerprint density at radius 3 is 2.58 bits per heavy atom. The Labute approximate surface area is 212 Å². The Morgan fingerprint density at radius 1 is 1.28 bits per heavy atom. The molecule has 0 bridgehead atoms. The minimum atomic E-state index is -4.65. The van der Waals surface area contributed by atoms with Crippen LogP contribution in [-0.2, 0) is 15.7 Å². The molecular formula is C23H19BrF3N5O4. The summed E-state index contributed by atoms with van der Waals surface area (Å²) in [6, 6.07) is 9.55. The van der Waals surface area contributed by atoms with Crippen LogP contribution in [0.4, 0.5) is 23.7 Å². The van der Waals surface area contributed by atoms with Crippen molar-refractivity contribution < 1.29 is 32.6 Å². The van der Waals surface area contributed by atoms with Crippen LogP contribution in [0.15, 0.2) is 63.2 Å². The van der Waals surface area contributed by atoms with E-state index in [2.05, 4.69) is 31.8 Å². The molecule has 36 heavy (non-hydrogen) atoms. The molecule has 0 aromatic heterocycles. The van der Waals surface area contributed by atoms with E-state index >= 15 is 0 Å². The number of anilines is 1. The van der Waals surface area contributed by atoms with E-state index < -0.39 is 29.8 Å². The number of hydrazine groups is 1. The fourth-order valence-electron chi connectivity index (χ4n) is 3.54. The molecule has 1 aliphatic heterocycles. The van der Waals surface area contributed by atoms with Crippen LogP contribution in [0.25, 0.3) is 0 Å². The van der Waals surface area contributed by atoms with Crippen molar-refractivity contribution in [2.75, 3.05) is 11.5 Å². The number of guanidine groups is 1. The van der Waals surface area contributed by atoms with Crippen LogP contribution in [0, 0.1) is 11.3 Å². The van der Waals surface area contributed by atoms with Crippen LogP contribution in [-0.4, -0.2) is 29.7 Å². The zero-order valence-electron chi connectivity index (χ0n) is 18.9. The molecule has 0 radical (unpaired) electrons. The summed E-state index contributed by atoms with van der Waals surface area (Å²) in [4.78, 5) is 29.8. The van der Waals surface area contributed by atoms with E-state index in [1.54, 1.807) is 6.92 Å². The smallest absolute Gasteiger partial charge is 0.426 e. The number of carbonyl (C=O) groups excluding carboxylic acids is 1. The van der Waals surface area contributed by atoms with Crippen molar-refractivity contribution in [3.63, 3.8) is 0 Å². The highest BCUT2D eigenvalue weighted by atomic mass is 79.9. The monoisotopic (exact) mass is 565 g/mol. The van der Waals surface area contributed by atoms with Gasteiger partial charge in [0.2, 0.25) is 5.96 Å². The number of carboxylic acids is 1. The van der Waals surface area contributed by atoms with Gasteiger partial charge in [-0.3, -0.25) is 10.3 Å². The van der Waals surface area contributed by atoms with Crippen molar-refractivity contribution in [1.82, 2.24) is 10.9 Å². The zero-order chi connectivity index (χ0) is 26.6. The maximum absolute atomic E-state index is 13.4. The lowest BCUT2D eigenvalue weighted by atomic mass is 9.95. The van der Waals surface area contributed by atoms with Gasteiger partial charge in [0, 0.05) is 15.9 Å². The van der Waals surface area contributed by atoms with E-state index in [0.29, 0.717) is 15.6 Å². The molecule has 1 unspecified atom stereocenters. The van der Waals surface area contributed by atoms with Gasteiger partial charge in [0.25, 0.3) is 0 Å². The molecule has 188 valence electrons. The molecule has 3 rings (SSSR count). The molecule has 0 aliphatic carbocycles. The molecule has 1 aliphatic rings. The molecule has 0 fully saturated rings. The molecule has 3 N–H and O–H groups in total. The van der Waals surface area contributed by atoms with Gasteiger partial charge in [-0.2, -0.15) is 18.4 Å². The van der Waals surface area contributed by atoms with Gasteiger partial charge in [0.15, 0.2) is 0 Å². The number of nitriles is 1. The van der Waals surface area contributed by atoms with Gasteiger partial charge >= 0.3 is 18.2 Å². The first kappa shape index (κ1) is 26.6. The average molecular weight is 566 g/mol. The molecule has 13 heteroatoms. The quantitative estimate of drug-likeness (QED) is 0.451. The molecule has 0 saturated heterocycles. The van der Waals surface area contributed by atoms with Gasteiger partial charge in [-0.25, -0.2) is 20.0 Å². The minimum Gasteiger partial charge on any atom is -0.478 e. The minimum absolute atomic E-state index is 0.0460. The average Bonchev–Trinajstić information content (AvgIpc) is 2.81. The second-order valence-corrected chi connectivity index (χ2v) is 8.22. The number of aliphatic carboxylic acids is 1. The fraction of sp³-hybridized carbons (Fsp3) is 0.217. The van der Waals surface area contributed by atoms with Crippen LogP contribution in [0.1, 0.15) is 36.6 Å². The van der Waals surface area contributed by atoms with E-state index in [9.17, 15) is 27.9 Å². The number of nitrogens with one attached hydrogen (secondary N) is 2. The molecule has 2 aromatic rings. The number of aliphatic imine (C=N–C) groups is 1. The Bertz CT molecular complexity index is 1300. The first-order valence-electron chi connectivity index (χ1n) is 10.4. The van der Waals surface area contributed by atoms with Crippen LogP contribution in [0.2, 0.25) is 0 Å². The highest BCUT2D eigenvalue weighted by Gasteiger charge is 2.37. The number of alkyl halides is 3. The van der Waals surface area contributed by atoms with Crippen LogP contribution in [0.3, 0.4) is 0 Å². The van der Waals surface area contributed by atoms with Crippen LogP contribution in [0.5, 0.6) is 0 Å². The maximum Gasteiger partial charge on any atom is 0.426 e. The normalized spacial score (nSPS) is 15.6. The van der Waals surface area contributed by atoms with Crippen molar-refractivity contribution in [2.45, 2.75) is 26.1 Å². The molecule has 1 atom stereocenters. The second-order valence-electron chi connectivity index (χ2n) is 7.36. The third-order valence-electron chi connectivity index (χ3n) is 5.10. The lowest BCUT2D eigenvalue weighted by Crippen LogP contribution is -2.51. The summed E-state index contributed by atoms with van der Waals surface area (Å²) in [6.07, 6.45) is -5.53. The van der Waals surface area contributed by atoms with E-state index in [0.717, 1.165) is 17.0 Å². The molecule has 1 heterocycles. The number of carboxylic acid groups (broad SMARTS) is 1. The lowest BCUT2D eigenvalue weighted by molar-refractivity contribution is -0.137. The molecule has 0 saturated carbocycles. The van der Waals surface area contributed by atoms with Gasteiger partial charge in [0.1, 0.15) is 6.04 Å². The lowest BCUT2D eigenvalue weighted by Gasteiger charge is -2.35. The van der Waals surface area contributed by atoms with E-state index in [-0.39, 0.29) is 29.5 Å². The van der Waals surface area contributed by atoms with Gasteiger partial charge in [-0.05, 0) is 49.7 Å². The Kier molecular flexibility index (Phi) is 7.89. The number of rotatable bonds is 4. The third kappa shape index (κ3) is 5.60. The third-order valence-corrected chi connectivity index (χ3v) is 5.79. The number of ether oxygens (including phenoxy) is 1. The maximum atomic E-state index is 13.4. The predicted molar refractivity (Wildman–Crippen MR) is 127 cm³/mol. The predicted octanol–water partition coefficient (Wildman–Crippen LogP) is 4.87. The second kappa shape index (κ2) is 10.7. The zero-order valence-corrected chi connectivity index (χ0v) is 20.4. The van der Waals surface area contributed by atoms with Crippen molar-refractivity contribution in [3.8, 4) is 6.07 Å². The Hall–Kier alpha value is -4.05. The number of halogens is 4.